The number of halogens is 1. The van der Waals surface area contributed by atoms with E-state index in [1.807, 2.05) is 6.92 Å². The van der Waals surface area contributed by atoms with Gasteiger partial charge in [0.25, 0.3) is 0 Å². The van der Waals surface area contributed by atoms with Crippen LogP contribution < -0.4 is 4.74 Å². The van der Waals surface area contributed by atoms with Gasteiger partial charge in [0.05, 0.1) is 17.2 Å². The molecule has 5 heteroatoms. The van der Waals surface area contributed by atoms with Gasteiger partial charge < -0.3 is 4.74 Å². The molecule has 1 aromatic heterocycles. The van der Waals surface area contributed by atoms with Crippen molar-refractivity contribution in [3.05, 3.63) is 46.9 Å². The zero-order valence-corrected chi connectivity index (χ0v) is 10.5. The van der Waals surface area contributed by atoms with Gasteiger partial charge in [0.15, 0.2) is 0 Å². The summed E-state index contributed by atoms with van der Waals surface area (Å²) in [4.78, 5) is 7.97. The minimum atomic E-state index is 0.388. The Bertz CT molecular complexity index is 607. The van der Waals surface area contributed by atoms with Crippen LogP contribution >= 0.6 is 11.6 Å². The van der Waals surface area contributed by atoms with Crippen molar-refractivity contribution in [3.63, 3.8) is 0 Å². The van der Waals surface area contributed by atoms with Gasteiger partial charge in [-0.3, -0.25) is 0 Å². The Labute approximate surface area is 110 Å². The Morgan fingerprint density at radius 1 is 1.39 bits per heavy atom. The highest BCUT2D eigenvalue weighted by Gasteiger charge is 2.10. The number of hydrogen-bond acceptors (Lipinski definition) is 4. The second-order valence-corrected chi connectivity index (χ2v) is 3.90. The first-order chi connectivity index (χ1) is 8.74. The van der Waals surface area contributed by atoms with Gasteiger partial charge in [-0.05, 0) is 24.6 Å². The highest BCUT2D eigenvalue weighted by atomic mass is 35.5. The van der Waals surface area contributed by atoms with Gasteiger partial charge in [-0.2, -0.15) is 5.26 Å². The molecular weight excluding hydrogens is 250 g/mol. The molecule has 0 atom stereocenters. The topological polar surface area (TPSA) is 58.8 Å². The molecule has 90 valence electrons. The van der Waals surface area contributed by atoms with Crippen molar-refractivity contribution >= 4 is 11.6 Å². The van der Waals surface area contributed by atoms with E-state index in [9.17, 15) is 0 Å². The van der Waals surface area contributed by atoms with Crippen LogP contribution in [0.1, 0.15) is 18.1 Å². The van der Waals surface area contributed by atoms with Gasteiger partial charge >= 0.3 is 0 Å². The van der Waals surface area contributed by atoms with Crippen molar-refractivity contribution in [2.45, 2.75) is 13.3 Å². The predicted molar refractivity (Wildman–Crippen MR) is 67.7 cm³/mol. The van der Waals surface area contributed by atoms with Crippen LogP contribution in [0, 0.1) is 11.3 Å². The summed E-state index contributed by atoms with van der Waals surface area (Å²) in [7, 11) is 0. The zero-order chi connectivity index (χ0) is 13.0. The van der Waals surface area contributed by atoms with E-state index in [4.69, 9.17) is 21.6 Å². The third-order valence-electron chi connectivity index (χ3n) is 2.38. The number of ether oxygens (including phenoxy) is 1. The van der Waals surface area contributed by atoms with Crippen molar-refractivity contribution in [3.8, 4) is 17.7 Å². The molecule has 0 aliphatic carbocycles. The number of aromatic nitrogens is 2. The molecule has 0 N–H and O–H groups in total. The van der Waals surface area contributed by atoms with E-state index < -0.39 is 0 Å². The van der Waals surface area contributed by atoms with Crippen molar-refractivity contribution in [2.24, 2.45) is 0 Å². The average molecular weight is 260 g/mol. The van der Waals surface area contributed by atoms with Crippen molar-refractivity contribution in [2.75, 3.05) is 0 Å². The minimum absolute atomic E-state index is 0.388. The molecule has 2 aromatic rings. The molecule has 2 rings (SSSR count). The molecule has 0 aliphatic heterocycles. The fraction of sp³-hybridized carbons (Fsp3) is 0.154. The maximum atomic E-state index is 8.82. The Hall–Kier alpha value is -2.12. The van der Waals surface area contributed by atoms with Crippen LogP contribution in [0.2, 0.25) is 5.15 Å². The third-order valence-corrected chi connectivity index (χ3v) is 2.71. The van der Waals surface area contributed by atoms with Crippen LogP contribution in [0.4, 0.5) is 0 Å². The van der Waals surface area contributed by atoms with Crippen molar-refractivity contribution in [1.29, 1.82) is 5.26 Å². The number of benzene rings is 1. The largest absolute Gasteiger partial charge is 0.439 e. The Morgan fingerprint density at radius 2 is 2.22 bits per heavy atom. The molecule has 4 nitrogen and oxygen atoms in total. The van der Waals surface area contributed by atoms with E-state index in [0.29, 0.717) is 28.8 Å². The van der Waals surface area contributed by atoms with Crippen LogP contribution in [0.15, 0.2) is 30.6 Å². The summed E-state index contributed by atoms with van der Waals surface area (Å²) in [6.07, 6.45) is 2.03. The van der Waals surface area contributed by atoms with Crippen LogP contribution in [-0.2, 0) is 6.42 Å². The smallest absolute Gasteiger partial charge is 0.226 e. The summed E-state index contributed by atoms with van der Waals surface area (Å²) in [5, 5.41) is 9.21. The molecular formula is C13H10ClN3O. The highest BCUT2D eigenvalue weighted by Crippen LogP contribution is 2.27. The molecule has 0 unspecified atom stereocenters. The highest BCUT2D eigenvalue weighted by molar-refractivity contribution is 6.30. The fourth-order valence-electron chi connectivity index (χ4n) is 1.50. The number of nitriles is 1. The minimum Gasteiger partial charge on any atom is -0.439 e. The summed E-state index contributed by atoms with van der Waals surface area (Å²) in [6.45, 7) is 1.95. The first-order valence-electron chi connectivity index (χ1n) is 5.42. The Kier molecular flexibility index (Phi) is 3.75. The third kappa shape index (κ3) is 2.58. The van der Waals surface area contributed by atoms with Crippen molar-refractivity contribution < 1.29 is 4.74 Å². The van der Waals surface area contributed by atoms with E-state index in [1.54, 1.807) is 24.3 Å². The average Bonchev–Trinajstić information content (AvgIpc) is 2.39. The van der Waals surface area contributed by atoms with Gasteiger partial charge in [0, 0.05) is 0 Å². The van der Waals surface area contributed by atoms with Crippen LogP contribution in [-0.4, -0.2) is 9.97 Å². The second-order valence-electron chi connectivity index (χ2n) is 3.54. The second kappa shape index (κ2) is 5.48. The Balaban J connectivity index is 2.34. The van der Waals surface area contributed by atoms with Crippen LogP contribution in [0.3, 0.4) is 0 Å². The maximum absolute atomic E-state index is 8.82. The number of hydrogen-bond donors (Lipinski definition) is 0. The van der Waals surface area contributed by atoms with E-state index >= 15 is 0 Å². The van der Waals surface area contributed by atoms with Gasteiger partial charge in [-0.25, -0.2) is 9.97 Å². The lowest BCUT2D eigenvalue weighted by Crippen LogP contribution is -1.96. The number of nitrogens with zero attached hydrogens (tertiary/aromatic N) is 3. The van der Waals surface area contributed by atoms with Gasteiger partial charge in [-0.1, -0.05) is 24.6 Å². The van der Waals surface area contributed by atoms with Crippen LogP contribution in [0.5, 0.6) is 11.6 Å². The predicted octanol–water partition coefficient (Wildman–Crippen LogP) is 3.36. The lowest BCUT2D eigenvalue weighted by molar-refractivity contribution is 0.455. The van der Waals surface area contributed by atoms with E-state index in [1.165, 1.54) is 6.33 Å². The van der Waals surface area contributed by atoms with Crippen molar-refractivity contribution in [1.82, 2.24) is 9.97 Å². The molecule has 1 heterocycles. The first-order valence-corrected chi connectivity index (χ1v) is 5.79. The normalized spacial score (nSPS) is 9.83. The standard InChI is InChI=1S/C13H10ClN3O/c1-2-11-12(14)16-8-17-13(11)18-10-5-3-4-9(6-10)7-15/h3-6,8H,2H2,1H3. The molecule has 0 saturated carbocycles. The molecule has 0 spiro atoms. The maximum Gasteiger partial charge on any atom is 0.226 e. The summed E-state index contributed by atoms with van der Waals surface area (Å²) in [5.41, 5.74) is 1.28. The monoisotopic (exact) mass is 259 g/mol. The van der Waals surface area contributed by atoms with E-state index in [-0.39, 0.29) is 0 Å². The SMILES string of the molecule is CCc1c(Cl)ncnc1Oc1cccc(C#N)c1. The molecule has 0 bridgehead atoms. The molecule has 18 heavy (non-hydrogen) atoms. The molecule has 0 saturated heterocycles. The molecule has 0 fully saturated rings. The van der Waals surface area contributed by atoms with E-state index in [2.05, 4.69) is 16.0 Å². The lowest BCUT2D eigenvalue weighted by atomic mass is 10.2. The first kappa shape index (κ1) is 12.3. The summed E-state index contributed by atoms with van der Waals surface area (Å²) in [5.74, 6) is 0.978. The zero-order valence-electron chi connectivity index (χ0n) is 9.72. The number of rotatable bonds is 3. The summed E-state index contributed by atoms with van der Waals surface area (Å²) < 4.78 is 5.64. The van der Waals surface area contributed by atoms with E-state index in [0.717, 1.165) is 5.56 Å². The quantitative estimate of drug-likeness (QED) is 0.793. The lowest BCUT2D eigenvalue weighted by Gasteiger charge is -2.09. The summed E-state index contributed by atoms with van der Waals surface area (Å²) in [6, 6.07) is 8.92. The van der Waals surface area contributed by atoms with Gasteiger partial charge in [0.1, 0.15) is 17.2 Å². The molecule has 0 aliphatic rings. The van der Waals surface area contributed by atoms with Gasteiger partial charge in [-0.15, -0.1) is 0 Å². The Morgan fingerprint density at radius 3 is 2.94 bits per heavy atom. The molecule has 0 amide bonds. The summed E-state index contributed by atoms with van der Waals surface area (Å²) >= 11 is 5.97. The molecule has 0 radical (unpaired) electrons. The molecule has 1 aromatic carbocycles. The van der Waals surface area contributed by atoms with Crippen LogP contribution in [0.25, 0.3) is 0 Å². The van der Waals surface area contributed by atoms with Gasteiger partial charge in [0.2, 0.25) is 5.88 Å². The fourth-order valence-corrected chi connectivity index (χ4v) is 1.76.